The van der Waals surface area contributed by atoms with E-state index >= 15 is 0 Å². The number of aryl methyl sites for hydroxylation is 1. The van der Waals surface area contributed by atoms with E-state index in [0.717, 1.165) is 32.6 Å². The lowest BCUT2D eigenvalue weighted by Gasteiger charge is -2.13. The number of aromatic hydroxyl groups is 1. The molecule has 0 heterocycles. The molecule has 3 aromatic rings. The molecular weight excluding hydrogens is 282 g/mol. The van der Waals surface area contributed by atoms with Gasteiger partial charge in [-0.2, -0.15) is 0 Å². The highest BCUT2D eigenvalue weighted by Gasteiger charge is 2.07. The minimum atomic E-state index is 0.313. The molecule has 0 aliphatic rings. The Balaban J connectivity index is 1.93. The van der Waals surface area contributed by atoms with Crippen molar-refractivity contribution in [3.05, 3.63) is 70.7 Å². The number of hydrogen-bond donors (Lipinski definition) is 2. The zero-order valence-corrected chi connectivity index (χ0v) is 12.5. The Labute approximate surface area is 129 Å². The summed E-state index contributed by atoms with van der Waals surface area (Å²) >= 11 is 5.97. The second kappa shape index (κ2) is 5.66. The number of phenolic OH excluding ortho intramolecular Hbond substituents is 1. The lowest BCUT2D eigenvalue weighted by atomic mass is 10.0. The summed E-state index contributed by atoms with van der Waals surface area (Å²) in [5, 5.41) is 16.4. The lowest BCUT2D eigenvalue weighted by Crippen LogP contribution is -2.02. The second-order valence-electron chi connectivity index (χ2n) is 5.10. The van der Waals surface area contributed by atoms with Gasteiger partial charge in [0.1, 0.15) is 5.75 Å². The smallest absolute Gasteiger partial charge is 0.121 e. The highest BCUT2D eigenvalue weighted by atomic mass is 35.5. The molecule has 2 N–H and O–H groups in total. The fourth-order valence-electron chi connectivity index (χ4n) is 2.52. The molecule has 0 spiro atoms. The van der Waals surface area contributed by atoms with Crippen LogP contribution in [0.3, 0.4) is 0 Å². The summed E-state index contributed by atoms with van der Waals surface area (Å²) < 4.78 is 0. The van der Waals surface area contributed by atoms with E-state index < -0.39 is 0 Å². The molecule has 0 aliphatic heterocycles. The van der Waals surface area contributed by atoms with E-state index in [-0.39, 0.29) is 0 Å². The molecule has 0 fully saturated rings. The summed E-state index contributed by atoms with van der Waals surface area (Å²) in [6.07, 6.45) is 0. The normalized spacial score (nSPS) is 10.8. The highest BCUT2D eigenvalue weighted by Crippen LogP contribution is 2.28. The van der Waals surface area contributed by atoms with Gasteiger partial charge in [0.05, 0.1) is 0 Å². The van der Waals surface area contributed by atoms with Crippen molar-refractivity contribution in [3.63, 3.8) is 0 Å². The monoisotopic (exact) mass is 297 g/mol. The molecule has 0 unspecified atom stereocenters. The summed E-state index contributed by atoms with van der Waals surface area (Å²) in [6, 6.07) is 17.5. The molecule has 0 saturated carbocycles. The van der Waals surface area contributed by atoms with Crippen molar-refractivity contribution in [2.45, 2.75) is 13.5 Å². The Hall–Kier alpha value is -2.19. The standard InChI is InChI=1S/C18H16ClNO/c1-12-10-14(19)7-8-17(12)20-11-16-15-5-3-2-4-13(15)6-9-18(16)21/h2-10,20-21H,11H2,1H3. The van der Waals surface area contributed by atoms with Crippen molar-refractivity contribution >= 4 is 28.1 Å². The van der Waals surface area contributed by atoms with Gasteiger partial charge in [-0.05, 0) is 47.5 Å². The number of rotatable bonds is 3. The molecule has 3 rings (SSSR count). The van der Waals surface area contributed by atoms with Gasteiger partial charge in [0.25, 0.3) is 0 Å². The molecule has 0 aromatic heterocycles. The van der Waals surface area contributed by atoms with Crippen molar-refractivity contribution in [3.8, 4) is 5.75 Å². The number of fused-ring (bicyclic) bond motifs is 1. The van der Waals surface area contributed by atoms with Gasteiger partial charge in [-0.1, -0.05) is 41.9 Å². The Bertz CT molecular complexity index is 798. The van der Waals surface area contributed by atoms with Gasteiger partial charge in [0, 0.05) is 22.8 Å². The minimum absolute atomic E-state index is 0.313. The molecular formula is C18H16ClNO. The van der Waals surface area contributed by atoms with Crippen LogP contribution in [0.2, 0.25) is 5.02 Å². The van der Waals surface area contributed by atoms with Gasteiger partial charge < -0.3 is 10.4 Å². The zero-order chi connectivity index (χ0) is 14.8. The molecule has 0 amide bonds. The van der Waals surface area contributed by atoms with Crippen molar-refractivity contribution < 1.29 is 5.11 Å². The van der Waals surface area contributed by atoms with Gasteiger partial charge in [0.2, 0.25) is 0 Å². The number of nitrogens with one attached hydrogen (secondary N) is 1. The first-order valence-electron chi connectivity index (χ1n) is 6.85. The van der Waals surface area contributed by atoms with E-state index in [1.165, 1.54) is 0 Å². The van der Waals surface area contributed by atoms with Gasteiger partial charge in [-0.25, -0.2) is 0 Å². The van der Waals surface area contributed by atoms with E-state index in [9.17, 15) is 5.11 Å². The maximum Gasteiger partial charge on any atom is 0.121 e. The molecule has 21 heavy (non-hydrogen) atoms. The third kappa shape index (κ3) is 2.81. The molecule has 2 nitrogen and oxygen atoms in total. The van der Waals surface area contributed by atoms with Crippen LogP contribution in [-0.4, -0.2) is 5.11 Å². The average Bonchev–Trinajstić information content (AvgIpc) is 2.48. The predicted molar refractivity (Wildman–Crippen MR) is 89.1 cm³/mol. The van der Waals surface area contributed by atoms with Crippen LogP contribution < -0.4 is 5.32 Å². The summed E-state index contributed by atoms with van der Waals surface area (Å²) in [7, 11) is 0. The highest BCUT2D eigenvalue weighted by molar-refractivity contribution is 6.30. The van der Waals surface area contributed by atoms with Gasteiger partial charge in [0.15, 0.2) is 0 Å². The topological polar surface area (TPSA) is 32.3 Å². The Kier molecular flexibility index (Phi) is 3.72. The first-order chi connectivity index (χ1) is 10.1. The number of benzene rings is 3. The molecule has 106 valence electrons. The van der Waals surface area contributed by atoms with Crippen LogP contribution in [0.25, 0.3) is 10.8 Å². The van der Waals surface area contributed by atoms with Gasteiger partial charge in [-0.3, -0.25) is 0 Å². The van der Waals surface area contributed by atoms with Crippen LogP contribution in [-0.2, 0) is 6.54 Å². The molecule has 3 heteroatoms. The van der Waals surface area contributed by atoms with Crippen LogP contribution in [0.5, 0.6) is 5.75 Å². The quantitative estimate of drug-likeness (QED) is 0.703. The first kappa shape index (κ1) is 13.8. The van der Waals surface area contributed by atoms with E-state index in [4.69, 9.17) is 11.6 Å². The summed E-state index contributed by atoms with van der Waals surface area (Å²) in [4.78, 5) is 0. The zero-order valence-electron chi connectivity index (χ0n) is 11.7. The van der Waals surface area contributed by atoms with Crippen LogP contribution in [0.4, 0.5) is 5.69 Å². The Morgan fingerprint density at radius 2 is 1.86 bits per heavy atom. The second-order valence-corrected chi connectivity index (χ2v) is 5.53. The fourth-order valence-corrected chi connectivity index (χ4v) is 2.75. The van der Waals surface area contributed by atoms with Crippen molar-refractivity contribution in [1.82, 2.24) is 0 Å². The van der Waals surface area contributed by atoms with Crippen LogP contribution in [0.15, 0.2) is 54.6 Å². The number of phenols is 1. The van der Waals surface area contributed by atoms with E-state index in [0.29, 0.717) is 12.3 Å². The van der Waals surface area contributed by atoms with Crippen molar-refractivity contribution in [1.29, 1.82) is 0 Å². The number of anilines is 1. The number of halogens is 1. The molecule has 0 saturated heterocycles. The SMILES string of the molecule is Cc1cc(Cl)ccc1NCc1c(O)ccc2ccccc12. The third-order valence-corrected chi connectivity index (χ3v) is 3.90. The first-order valence-corrected chi connectivity index (χ1v) is 7.22. The van der Waals surface area contributed by atoms with Crippen LogP contribution >= 0.6 is 11.6 Å². The largest absolute Gasteiger partial charge is 0.508 e. The maximum absolute atomic E-state index is 10.1. The number of hydrogen-bond acceptors (Lipinski definition) is 2. The van der Waals surface area contributed by atoms with E-state index in [1.807, 2.05) is 55.5 Å². The fraction of sp³-hybridized carbons (Fsp3) is 0.111. The van der Waals surface area contributed by atoms with Crippen LogP contribution in [0.1, 0.15) is 11.1 Å². The summed E-state index contributed by atoms with van der Waals surface area (Å²) in [5.74, 6) is 0.313. The third-order valence-electron chi connectivity index (χ3n) is 3.66. The molecule has 0 aliphatic carbocycles. The summed E-state index contributed by atoms with van der Waals surface area (Å²) in [6.45, 7) is 2.58. The molecule has 0 bridgehead atoms. The average molecular weight is 298 g/mol. The molecule has 0 atom stereocenters. The maximum atomic E-state index is 10.1. The lowest BCUT2D eigenvalue weighted by molar-refractivity contribution is 0.470. The van der Waals surface area contributed by atoms with Crippen LogP contribution in [0, 0.1) is 6.92 Å². The minimum Gasteiger partial charge on any atom is -0.508 e. The van der Waals surface area contributed by atoms with Gasteiger partial charge in [-0.15, -0.1) is 0 Å². The van der Waals surface area contributed by atoms with Crippen molar-refractivity contribution in [2.75, 3.05) is 5.32 Å². The Morgan fingerprint density at radius 3 is 2.67 bits per heavy atom. The van der Waals surface area contributed by atoms with E-state index in [1.54, 1.807) is 6.07 Å². The predicted octanol–water partition coefficient (Wildman–Crippen LogP) is 5.12. The molecule has 3 aromatic carbocycles. The van der Waals surface area contributed by atoms with Gasteiger partial charge >= 0.3 is 0 Å². The Morgan fingerprint density at radius 1 is 1.05 bits per heavy atom. The molecule has 0 radical (unpaired) electrons. The van der Waals surface area contributed by atoms with Crippen molar-refractivity contribution in [2.24, 2.45) is 0 Å². The van der Waals surface area contributed by atoms with E-state index in [2.05, 4.69) is 5.32 Å². The summed E-state index contributed by atoms with van der Waals surface area (Å²) in [5.41, 5.74) is 3.01.